The zero-order valence-electron chi connectivity index (χ0n) is 9.51. The number of carbonyl (C=O) groups excluding carboxylic acids is 1. The third-order valence-electron chi connectivity index (χ3n) is 1.89. The minimum atomic E-state index is -0.954. The maximum atomic E-state index is 10.8. The Bertz CT molecular complexity index is 370. The number of halogens is 1. The number of hydrogen-bond acceptors (Lipinski definition) is 5. The second kappa shape index (κ2) is 7.75. The topological polar surface area (TPSA) is 88.0 Å². The average Bonchev–Trinajstić information content (AvgIpc) is 2.36. The number of hydrogen-bond donors (Lipinski definition) is 3. The monoisotopic (exact) mass is 275 g/mol. The molecule has 1 atom stereocenters. The maximum Gasteiger partial charge on any atom is 0.409 e. The Morgan fingerprint density at radius 3 is 2.61 bits per heavy atom. The fraction of sp³-hybridized carbons (Fsp3) is 0.364. The highest BCUT2D eigenvalue weighted by Gasteiger charge is 2.09. The van der Waals surface area contributed by atoms with E-state index in [0.29, 0.717) is 10.8 Å². The zero-order chi connectivity index (χ0) is 13.4. The molecule has 6 nitrogen and oxygen atoms in total. The first kappa shape index (κ1) is 14.6. The van der Waals surface area contributed by atoms with Crippen LogP contribution in [-0.2, 0) is 4.74 Å². The molecule has 1 amide bonds. The van der Waals surface area contributed by atoms with Crippen molar-refractivity contribution in [2.24, 2.45) is 0 Å². The summed E-state index contributed by atoms with van der Waals surface area (Å²) in [5.74, 6) is 0.554. The van der Waals surface area contributed by atoms with E-state index in [1.165, 1.54) is 0 Å². The number of amides is 1. The Labute approximate surface area is 109 Å². The molecule has 0 saturated carbocycles. The van der Waals surface area contributed by atoms with E-state index < -0.39 is 18.9 Å². The molecule has 100 valence electrons. The molecule has 3 N–H and O–H groups in total. The van der Waals surface area contributed by atoms with Gasteiger partial charge in [0.1, 0.15) is 31.8 Å². The van der Waals surface area contributed by atoms with Gasteiger partial charge in [-0.05, 0) is 24.3 Å². The van der Waals surface area contributed by atoms with Crippen LogP contribution < -0.4 is 10.1 Å². The molecule has 0 aliphatic rings. The van der Waals surface area contributed by atoms with Gasteiger partial charge < -0.3 is 19.7 Å². The predicted octanol–water partition coefficient (Wildman–Crippen LogP) is 0.756. The molecule has 0 saturated heterocycles. The molecule has 18 heavy (non-hydrogen) atoms. The third-order valence-corrected chi connectivity index (χ3v) is 2.14. The van der Waals surface area contributed by atoms with Gasteiger partial charge in [0.2, 0.25) is 0 Å². The average molecular weight is 276 g/mol. The van der Waals surface area contributed by atoms with Crippen LogP contribution in [0.1, 0.15) is 0 Å². The summed E-state index contributed by atoms with van der Waals surface area (Å²) in [7, 11) is 0. The number of nitrogens with one attached hydrogen (secondary N) is 1. The molecule has 0 heterocycles. The number of rotatable bonds is 6. The minimum Gasteiger partial charge on any atom is -0.491 e. The van der Waals surface area contributed by atoms with Crippen molar-refractivity contribution in [2.45, 2.75) is 6.10 Å². The summed E-state index contributed by atoms with van der Waals surface area (Å²) in [4.78, 5) is 10.8. The van der Waals surface area contributed by atoms with Crippen molar-refractivity contribution in [3.63, 3.8) is 0 Å². The summed E-state index contributed by atoms with van der Waals surface area (Å²) in [5, 5.41) is 20.4. The summed E-state index contributed by atoms with van der Waals surface area (Å²) >= 11 is 5.70. The molecule has 1 rings (SSSR count). The van der Waals surface area contributed by atoms with Crippen molar-refractivity contribution in [3.05, 3.63) is 29.3 Å². The lowest BCUT2D eigenvalue weighted by Crippen LogP contribution is -2.30. The molecule has 1 aromatic rings. The Balaban J connectivity index is 2.22. The molecular weight excluding hydrogens is 262 g/mol. The standard InChI is InChI=1S/C11H14ClNO5/c12-8-1-3-10(4-2-8)17-5-9(15)6-18-11(16)13-7-14/h1-4,9,14-15H,5-7H2,(H,13,16). The molecule has 0 aliphatic carbocycles. The zero-order valence-corrected chi connectivity index (χ0v) is 10.3. The molecule has 1 unspecified atom stereocenters. The predicted molar refractivity (Wildman–Crippen MR) is 64.5 cm³/mol. The summed E-state index contributed by atoms with van der Waals surface area (Å²) in [6.07, 6.45) is -1.76. The molecule has 0 bridgehead atoms. The van der Waals surface area contributed by atoms with Gasteiger partial charge in [-0.25, -0.2) is 4.79 Å². The Kier molecular flexibility index (Phi) is 6.27. The second-order valence-corrected chi connectivity index (χ2v) is 3.79. The van der Waals surface area contributed by atoms with Crippen LogP contribution >= 0.6 is 11.6 Å². The summed E-state index contributed by atoms with van der Waals surface area (Å²) in [6, 6.07) is 6.64. The van der Waals surface area contributed by atoms with Gasteiger partial charge in [-0.15, -0.1) is 0 Å². The van der Waals surface area contributed by atoms with Gasteiger partial charge in [-0.1, -0.05) is 11.6 Å². The second-order valence-electron chi connectivity index (χ2n) is 3.35. The van der Waals surface area contributed by atoms with E-state index in [1.807, 2.05) is 5.32 Å². The normalized spacial score (nSPS) is 11.7. The number of aliphatic hydroxyl groups is 2. The highest BCUT2D eigenvalue weighted by atomic mass is 35.5. The van der Waals surface area contributed by atoms with Crippen molar-refractivity contribution in [2.75, 3.05) is 19.9 Å². The molecule has 1 aromatic carbocycles. The van der Waals surface area contributed by atoms with Gasteiger partial charge in [0.05, 0.1) is 0 Å². The molecule has 0 aromatic heterocycles. The molecule has 7 heteroatoms. The Morgan fingerprint density at radius 1 is 1.33 bits per heavy atom. The van der Waals surface area contributed by atoms with Crippen LogP contribution in [-0.4, -0.2) is 42.4 Å². The minimum absolute atomic E-state index is 0.0198. The van der Waals surface area contributed by atoms with Crippen molar-refractivity contribution in [1.29, 1.82) is 0 Å². The molecule has 0 spiro atoms. The number of alkyl carbamates (subject to hydrolysis) is 1. The van der Waals surface area contributed by atoms with Gasteiger partial charge in [-0.3, -0.25) is 5.32 Å². The quantitative estimate of drug-likeness (QED) is 0.667. The number of benzene rings is 1. The Hall–Kier alpha value is -1.50. The molecule has 0 fully saturated rings. The van der Waals surface area contributed by atoms with Gasteiger partial charge in [-0.2, -0.15) is 0 Å². The van der Waals surface area contributed by atoms with Crippen LogP contribution in [0.5, 0.6) is 5.75 Å². The number of ether oxygens (including phenoxy) is 2. The Morgan fingerprint density at radius 2 is 2.00 bits per heavy atom. The van der Waals surface area contributed by atoms with E-state index in [4.69, 9.17) is 21.4 Å². The SMILES string of the molecule is O=C(NCO)OCC(O)COc1ccc(Cl)cc1. The lowest BCUT2D eigenvalue weighted by atomic mass is 10.3. The van der Waals surface area contributed by atoms with Gasteiger partial charge >= 0.3 is 6.09 Å². The van der Waals surface area contributed by atoms with Crippen molar-refractivity contribution >= 4 is 17.7 Å². The highest BCUT2D eigenvalue weighted by Crippen LogP contribution is 2.15. The number of carbonyl (C=O) groups is 1. The van der Waals surface area contributed by atoms with Crippen LogP contribution in [0.25, 0.3) is 0 Å². The van der Waals surface area contributed by atoms with E-state index in [2.05, 4.69) is 4.74 Å². The van der Waals surface area contributed by atoms with Gasteiger partial charge in [0, 0.05) is 5.02 Å². The van der Waals surface area contributed by atoms with Crippen LogP contribution in [0.15, 0.2) is 24.3 Å². The lowest BCUT2D eigenvalue weighted by Gasteiger charge is -2.12. The molecule has 0 radical (unpaired) electrons. The van der Waals surface area contributed by atoms with Crippen LogP contribution in [0.2, 0.25) is 5.02 Å². The van der Waals surface area contributed by atoms with Crippen LogP contribution in [0.4, 0.5) is 4.79 Å². The summed E-state index contributed by atoms with van der Waals surface area (Å²) in [6.45, 7) is -0.760. The molecular formula is C11H14ClNO5. The highest BCUT2D eigenvalue weighted by molar-refractivity contribution is 6.30. The van der Waals surface area contributed by atoms with Gasteiger partial charge in [0.15, 0.2) is 0 Å². The maximum absolute atomic E-state index is 10.8. The van der Waals surface area contributed by atoms with E-state index in [0.717, 1.165) is 0 Å². The van der Waals surface area contributed by atoms with E-state index >= 15 is 0 Å². The van der Waals surface area contributed by atoms with E-state index in [-0.39, 0.29) is 13.2 Å². The fourth-order valence-electron chi connectivity index (χ4n) is 1.06. The third kappa shape index (κ3) is 5.72. The van der Waals surface area contributed by atoms with Crippen LogP contribution in [0.3, 0.4) is 0 Å². The first-order chi connectivity index (χ1) is 8.61. The summed E-state index contributed by atoms with van der Waals surface area (Å²) < 4.78 is 9.84. The van der Waals surface area contributed by atoms with Crippen molar-refractivity contribution < 1.29 is 24.5 Å². The summed E-state index contributed by atoms with van der Waals surface area (Å²) in [5.41, 5.74) is 0. The first-order valence-corrected chi connectivity index (χ1v) is 5.57. The van der Waals surface area contributed by atoms with Crippen molar-refractivity contribution in [1.82, 2.24) is 5.32 Å². The first-order valence-electron chi connectivity index (χ1n) is 5.19. The number of aliphatic hydroxyl groups excluding tert-OH is 2. The van der Waals surface area contributed by atoms with Crippen LogP contribution in [0, 0.1) is 0 Å². The smallest absolute Gasteiger partial charge is 0.409 e. The van der Waals surface area contributed by atoms with E-state index in [9.17, 15) is 9.90 Å². The fourth-order valence-corrected chi connectivity index (χ4v) is 1.18. The van der Waals surface area contributed by atoms with Crippen molar-refractivity contribution in [3.8, 4) is 5.75 Å². The molecule has 0 aliphatic heterocycles. The lowest BCUT2D eigenvalue weighted by molar-refractivity contribution is 0.0368. The van der Waals surface area contributed by atoms with E-state index in [1.54, 1.807) is 24.3 Å². The largest absolute Gasteiger partial charge is 0.491 e. The van der Waals surface area contributed by atoms with Gasteiger partial charge in [0.25, 0.3) is 0 Å².